The third kappa shape index (κ3) is 32.5. The quantitative estimate of drug-likeness (QED) is 0.267. The molecule has 0 saturated heterocycles. The summed E-state index contributed by atoms with van der Waals surface area (Å²) in [5.74, 6) is 0. The molecule has 112 valence electrons. The van der Waals surface area contributed by atoms with Crippen molar-refractivity contribution in [1.29, 1.82) is 0 Å². The van der Waals surface area contributed by atoms with E-state index < -0.39 is 41.6 Å². The Balaban J connectivity index is -0.000000256. The summed E-state index contributed by atoms with van der Waals surface area (Å²) in [5, 5.41) is 0. The van der Waals surface area contributed by atoms with Crippen molar-refractivity contribution in [2.75, 3.05) is 0 Å². The third-order valence-corrected chi connectivity index (χ3v) is 3.00. The van der Waals surface area contributed by atoms with Gasteiger partial charge in [0.25, 0.3) is 0 Å². The van der Waals surface area contributed by atoms with Crippen LogP contribution in [-0.4, -0.2) is 51.9 Å². The van der Waals surface area contributed by atoms with Gasteiger partial charge in [0.1, 0.15) is 0 Å². The van der Waals surface area contributed by atoms with Gasteiger partial charge in [0.2, 0.25) is 41.6 Å². The van der Waals surface area contributed by atoms with E-state index in [1.165, 1.54) is 0 Å². The summed E-state index contributed by atoms with van der Waals surface area (Å²) in [6, 6.07) is 0. The van der Waals surface area contributed by atoms with Crippen molar-refractivity contribution in [2.24, 2.45) is 0 Å². The van der Waals surface area contributed by atoms with E-state index in [9.17, 15) is 51.9 Å². The molecule has 0 aromatic carbocycles. The van der Waals surface area contributed by atoms with Crippen molar-refractivity contribution in [3.8, 4) is 0 Å². The van der Waals surface area contributed by atoms with Crippen LogP contribution in [0, 0.1) is 41.7 Å². The van der Waals surface area contributed by atoms with Gasteiger partial charge in [0.05, 0.1) is 0 Å². The van der Waals surface area contributed by atoms with Crippen LogP contribution in [-0.2, 0) is 48.9 Å². The smallest absolute Gasteiger partial charge is 0.725 e. The van der Waals surface area contributed by atoms with E-state index in [1.807, 2.05) is 0 Å². The molecular formula is CeO14S4. The first-order chi connectivity index (χ1) is 7.41. The maximum Gasteiger partial charge on any atom is 4.00 e. The summed E-state index contributed by atoms with van der Waals surface area (Å²) in [7, 11) is -21.7. The molecular weight excluding hydrogens is 492 g/mol. The van der Waals surface area contributed by atoms with E-state index in [-0.39, 0.29) is 41.7 Å². The monoisotopic (exact) mass is 492 g/mol. The fourth-order valence-electron chi connectivity index (χ4n) is 0.204. The van der Waals surface area contributed by atoms with E-state index in [4.69, 9.17) is 0 Å². The van der Waals surface area contributed by atoms with Crippen LogP contribution >= 0.6 is 0 Å². The summed E-state index contributed by atoms with van der Waals surface area (Å²) in [6.07, 6.45) is 0. The van der Waals surface area contributed by atoms with Gasteiger partial charge in [0.15, 0.2) is 0 Å². The predicted molar refractivity (Wildman–Crippen MR) is 41.0 cm³/mol. The van der Waals surface area contributed by atoms with Crippen molar-refractivity contribution in [2.45, 2.75) is 0 Å². The molecule has 14 nitrogen and oxygen atoms in total. The molecule has 19 heteroatoms. The largest absolute Gasteiger partial charge is 4.00 e. The third-order valence-electron chi connectivity index (χ3n) is 0.333. The van der Waals surface area contributed by atoms with Gasteiger partial charge in [-0.25, -0.2) is 33.7 Å². The molecule has 0 aliphatic rings. The second kappa shape index (κ2) is 8.40. The van der Waals surface area contributed by atoms with Gasteiger partial charge in [-0.2, -0.15) is 7.26 Å². The zero-order chi connectivity index (χ0) is 15.4. The maximum atomic E-state index is 9.29. The molecule has 0 N–H and O–H groups in total. The van der Waals surface area contributed by atoms with Gasteiger partial charge in [0, 0.05) is 0 Å². The Morgan fingerprint density at radius 1 is 0.474 bits per heavy atom. The summed E-state index contributed by atoms with van der Waals surface area (Å²) in [4.78, 5) is 0. The van der Waals surface area contributed by atoms with Crippen LogP contribution in [0.2, 0.25) is 0 Å². The average molecular weight is 492 g/mol. The Hall–Kier alpha value is 0.937. The fraction of sp³-hybridized carbons (Fsp3) is 0. The second-order valence-electron chi connectivity index (χ2n) is 1.77. The molecule has 0 heterocycles. The Labute approximate surface area is 141 Å². The molecule has 0 bridgehead atoms. The van der Waals surface area contributed by atoms with Crippen molar-refractivity contribution in [3.05, 3.63) is 0 Å². The maximum absolute atomic E-state index is 9.29. The first-order valence-electron chi connectivity index (χ1n) is 2.67. The first-order valence-corrected chi connectivity index (χ1v) is 8.00. The topological polar surface area (TPSA) is 247 Å². The SMILES string of the molecule is O=S(=O)([O-])OS(=O)(=O)[O-].O=S(=O)([O-])OS(=O)(=O)[O-].[Ce+4]. The molecule has 0 unspecified atom stereocenters. The molecule has 0 spiro atoms. The van der Waals surface area contributed by atoms with Crippen molar-refractivity contribution in [3.63, 3.8) is 0 Å². The van der Waals surface area contributed by atoms with E-state index in [2.05, 4.69) is 7.26 Å². The van der Waals surface area contributed by atoms with Gasteiger partial charge in [-0.05, 0) is 0 Å². The van der Waals surface area contributed by atoms with Crippen molar-refractivity contribution < 1.29 is 101 Å². The van der Waals surface area contributed by atoms with Gasteiger partial charge in [-0.1, -0.05) is 0 Å². The number of rotatable bonds is 4. The van der Waals surface area contributed by atoms with Crippen LogP contribution in [0.25, 0.3) is 0 Å². The molecule has 0 amide bonds. The Bertz CT molecular complexity index is 532. The Morgan fingerprint density at radius 3 is 0.579 bits per heavy atom. The van der Waals surface area contributed by atoms with Gasteiger partial charge < -0.3 is 18.2 Å². The average Bonchev–Trinajstić information content (AvgIpc) is 1.64. The van der Waals surface area contributed by atoms with Gasteiger partial charge in [-0.15, -0.1) is 0 Å². The van der Waals surface area contributed by atoms with Crippen LogP contribution in [0.15, 0.2) is 0 Å². The normalized spacial score (nSPS) is 12.8. The number of hydrogen-bond acceptors (Lipinski definition) is 14. The summed E-state index contributed by atoms with van der Waals surface area (Å²) in [6.45, 7) is 0. The second-order valence-corrected chi connectivity index (χ2v) is 6.12. The molecule has 0 rings (SSSR count). The van der Waals surface area contributed by atoms with E-state index in [0.29, 0.717) is 0 Å². The Morgan fingerprint density at radius 2 is 0.579 bits per heavy atom. The molecule has 0 saturated carbocycles. The van der Waals surface area contributed by atoms with Crippen molar-refractivity contribution in [1.82, 2.24) is 0 Å². The minimum atomic E-state index is -5.43. The van der Waals surface area contributed by atoms with Crippen LogP contribution < -0.4 is 0 Å². The molecule has 0 radical (unpaired) electrons. The minimum Gasteiger partial charge on any atom is -0.725 e. The predicted octanol–water partition coefficient (Wildman–Crippen LogP) is -4.15. The molecule has 0 fully saturated rings. The standard InChI is InChI=1S/Ce.2H2O7S2/c;2*1-8(2,3)7-9(4,5)6/h;2*(H,1,2,3)(H,4,5,6)/q+4;;/p-4. The van der Waals surface area contributed by atoms with Crippen LogP contribution in [0.5, 0.6) is 0 Å². The summed E-state index contributed by atoms with van der Waals surface area (Å²) < 4.78 is 116. The molecule has 19 heavy (non-hydrogen) atoms. The van der Waals surface area contributed by atoms with Gasteiger partial charge in [-0.3, -0.25) is 0 Å². The molecule has 0 aromatic heterocycles. The van der Waals surface area contributed by atoms with E-state index in [1.54, 1.807) is 0 Å². The summed E-state index contributed by atoms with van der Waals surface area (Å²) >= 11 is 0. The molecule has 0 aliphatic carbocycles. The summed E-state index contributed by atoms with van der Waals surface area (Å²) in [5.41, 5.74) is 0. The van der Waals surface area contributed by atoms with E-state index >= 15 is 0 Å². The molecule has 0 aliphatic heterocycles. The Kier molecular flexibility index (Phi) is 11.0. The molecule has 0 aromatic rings. The molecule has 0 atom stereocenters. The van der Waals surface area contributed by atoms with E-state index in [0.717, 1.165) is 0 Å². The van der Waals surface area contributed by atoms with Crippen LogP contribution in [0.4, 0.5) is 0 Å². The van der Waals surface area contributed by atoms with Gasteiger partial charge >= 0.3 is 41.7 Å². The zero-order valence-electron chi connectivity index (χ0n) is 7.85. The van der Waals surface area contributed by atoms with Crippen LogP contribution in [0.3, 0.4) is 0 Å². The first kappa shape index (κ1) is 24.9. The van der Waals surface area contributed by atoms with Crippen LogP contribution in [0.1, 0.15) is 0 Å². The minimum absolute atomic E-state index is 0. The zero-order valence-corrected chi connectivity index (χ0v) is 14.3. The van der Waals surface area contributed by atoms with Crippen molar-refractivity contribution >= 4 is 41.6 Å². The number of hydrogen-bond donors (Lipinski definition) is 0. The fourth-order valence-corrected chi connectivity index (χ4v) is 1.84.